The first-order valence-corrected chi connectivity index (χ1v) is 8.75. The molecule has 0 radical (unpaired) electrons. The zero-order valence-electron chi connectivity index (χ0n) is 12.7. The summed E-state index contributed by atoms with van der Waals surface area (Å²) in [4.78, 5) is 16.0. The summed E-state index contributed by atoms with van der Waals surface area (Å²) in [6, 6.07) is 8.26. The molecular formula is C16H24ClN3OS. The normalized spacial score (nSPS) is 21.0. The molecule has 2 N–H and O–H groups in total. The summed E-state index contributed by atoms with van der Waals surface area (Å²) in [5, 5.41) is 6.47. The van der Waals surface area contributed by atoms with Gasteiger partial charge in [0.2, 0.25) is 5.91 Å². The van der Waals surface area contributed by atoms with Crippen LogP contribution < -0.4 is 10.6 Å². The van der Waals surface area contributed by atoms with Crippen LogP contribution in [0.1, 0.15) is 17.9 Å². The second kappa shape index (κ2) is 8.77. The highest BCUT2D eigenvalue weighted by molar-refractivity contribution is 7.99. The smallest absolute Gasteiger partial charge is 0.228 e. The maximum Gasteiger partial charge on any atom is 0.228 e. The van der Waals surface area contributed by atoms with E-state index in [1.54, 1.807) is 11.8 Å². The summed E-state index contributed by atoms with van der Waals surface area (Å²) in [6.07, 6.45) is 1.03. The van der Waals surface area contributed by atoms with Gasteiger partial charge in [-0.2, -0.15) is 0 Å². The molecule has 3 rings (SSSR count). The van der Waals surface area contributed by atoms with Crippen molar-refractivity contribution in [3.8, 4) is 0 Å². The Morgan fingerprint density at radius 3 is 2.91 bits per heavy atom. The third-order valence-corrected chi connectivity index (χ3v) is 5.36. The number of carbonyl (C=O) groups is 1. The molecule has 1 unspecified atom stereocenters. The fourth-order valence-electron chi connectivity index (χ4n) is 2.95. The second-order valence-corrected chi connectivity index (χ2v) is 6.70. The Bertz CT molecular complexity index is 494. The predicted octanol–water partition coefficient (Wildman–Crippen LogP) is 1.71. The van der Waals surface area contributed by atoms with Crippen LogP contribution in [0.4, 0.5) is 0 Å². The molecule has 0 spiro atoms. The van der Waals surface area contributed by atoms with Crippen LogP contribution in [0.5, 0.6) is 0 Å². The quantitative estimate of drug-likeness (QED) is 0.800. The van der Waals surface area contributed by atoms with Crippen LogP contribution in [0, 0.1) is 0 Å². The van der Waals surface area contributed by atoms with Crippen LogP contribution in [-0.4, -0.2) is 55.8 Å². The zero-order chi connectivity index (χ0) is 14.5. The van der Waals surface area contributed by atoms with Crippen LogP contribution in [0.3, 0.4) is 0 Å². The lowest BCUT2D eigenvalue weighted by molar-refractivity contribution is -0.122. The first-order valence-electron chi connectivity index (χ1n) is 7.77. The average Bonchev–Trinajstić information content (AvgIpc) is 2.96. The number of amides is 1. The third-order valence-electron chi connectivity index (χ3n) is 4.18. The number of thioether (sulfide) groups is 1. The van der Waals surface area contributed by atoms with Gasteiger partial charge in [-0.05, 0) is 24.6 Å². The standard InChI is InChI=1S/C16H23N3OS.ClH/c20-16(14-12-21-15-5-2-1-4-13(14)15)18-6-3-9-19-10-7-17-8-11-19;/h1-2,4-5,14,17H,3,6-12H2,(H,18,20);1H. The Balaban J connectivity index is 0.00000176. The van der Waals surface area contributed by atoms with Gasteiger partial charge in [0, 0.05) is 43.4 Å². The Kier molecular flexibility index (Phi) is 7.02. The first kappa shape index (κ1) is 17.6. The monoisotopic (exact) mass is 341 g/mol. The van der Waals surface area contributed by atoms with Crippen LogP contribution >= 0.6 is 24.2 Å². The van der Waals surface area contributed by atoms with Crippen molar-refractivity contribution in [3.05, 3.63) is 29.8 Å². The lowest BCUT2D eigenvalue weighted by atomic mass is 10.0. The lowest BCUT2D eigenvalue weighted by Gasteiger charge is -2.27. The minimum absolute atomic E-state index is 0. The number of hydrogen-bond donors (Lipinski definition) is 2. The number of piperazine rings is 1. The van der Waals surface area contributed by atoms with E-state index in [9.17, 15) is 4.79 Å². The lowest BCUT2D eigenvalue weighted by Crippen LogP contribution is -2.44. The van der Waals surface area contributed by atoms with Crippen LogP contribution in [0.15, 0.2) is 29.2 Å². The largest absolute Gasteiger partial charge is 0.355 e. The van der Waals surface area contributed by atoms with Crippen molar-refractivity contribution < 1.29 is 4.79 Å². The number of rotatable bonds is 5. The Hall–Kier alpha value is -0.750. The number of hydrogen-bond acceptors (Lipinski definition) is 4. The molecule has 1 saturated heterocycles. The SMILES string of the molecule is Cl.O=C(NCCCN1CCNCC1)C1CSc2ccccc21. The molecule has 1 atom stereocenters. The molecule has 1 aromatic rings. The minimum Gasteiger partial charge on any atom is -0.355 e. The molecule has 122 valence electrons. The van der Waals surface area contributed by atoms with Crippen LogP contribution in [0.2, 0.25) is 0 Å². The van der Waals surface area contributed by atoms with Crippen molar-refractivity contribution in [2.45, 2.75) is 17.2 Å². The fourth-order valence-corrected chi connectivity index (χ4v) is 4.18. The van der Waals surface area contributed by atoms with E-state index in [2.05, 4.69) is 27.7 Å². The van der Waals surface area contributed by atoms with Gasteiger partial charge in [-0.15, -0.1) is 24.2 Å². The molecule has 1 fully saturated rings. The van der Waals surface area contributed by atoms with Gasteiger partial charge in [0.25, 0.3) is 0 Å². The highest BCUT2D eigenvalue weighted by Crippen LogP contribution is 2.39. The molecular weight excluding hydrogens is 318 g/mol. The highest BCUT2D eigenvalue weighted by Gasteiger charge is 2.28. The van der Waals surface area contributed by atoms with E-state index in [1.165, 1.54) is 10.5 Å². The van der Waals surface area contributed by atoms with Gasteiger partial charge in [-0.25, -0.2) is 0 Å². The first-order chi connectivity index (χ1) is 10.3. The van der Waals surface area contributed by atoms with Crippen molar-refractivity contribution in [1.82, 2.24) is 15.5 Å². The van der Waals surface area contributed by atoms with Gasteiger partial charge in [-0.3, -0.25) is 4.79 Å². The van der Waals surface area contributed by atoms with Gasteiger partial charge in [-0.1, -0.05) is 18.2 Å². The van der Waals surface area contributed by atoms with Crippen molar-refractivity contribution in [3.63, 3.8) is 0 Å². The summed E-state index contributed by atoms with van der Waals surface area (Å²) in [6.45, 7) is 6.29. The van der Waals surface area contributed by atoms with E-state index in [1.807, 2.05) is 12.1 Å². The Morgan fingerprint density at radius 1 is 1.32 bits per heavy atom. The second-order valence-electron chi connectivity index (χ2n) is 5.64. The summed E-state index contributed by atoms with van der Waals surface area (Å²) in [5.74, 6) is 1.10. The van der Waals surface area contributed by atoms with Crippen molar-refractivity contribution in [2.24, 2.45) is 0 Å². The topological polar surface area (TPSA) is 44.4 Å². The van der Waals surface area contributed by atoms with Crippen molar-refractivity contribution in [2.75, 3.05) is 45.0 Å². The Labute approximate surface area is 142 Å². The molecule has 4 nitrogen and oxygen atoms in total. The third kappa shape index (κ3) is 4.38. The van der Waals surface area contributed by atoms with Gasteiger partial charge >= 0.3 is 0 Å². The molecule has 1 amide bonds. The molecule has 22 heavy (non-hydrogen) atoms. The van der Waals surface area contributed by atoms with Gasteiger partial charge in [0.1, 0.15) is 0 Å². The number of carbonyl (C=O) groups excluding carboxylic acids is 1. The average molecular weight is 342 g/mol. The fraction of sp³-hybridized carbons (Fsp3) is 0.562. The number of nitrogens with zero attached hydrogens (tertiary/aromatic N) is 1. The van der Waals surface area contributed by atoms with Crippen LogP contribution in [0.25, 0.3) is 0 Å². The number of fused-ring (bicyclic) bond motifs is 1. The highest BCUT2D eigenvalue weighted by atomic mass is 35.5. The molecule has 0 bridgehead atoms. The van der Waals surface area contributed by atoms with E-state index < -0.39 is 0 Å². The molecule has 0 saturated carbocycles. The zero-order valence-corrected chi connectivity index (χ0v) is 14.3. The van der Waals surface area contributed by atoms with E-state index in [-0.39, 0.29) is 24.2 Å². The molecule has 2 heterocycles. The number of nitrogens with one attached hydrogen (secondary N) is 2. The molecule has 6 heteroatoms. The minimum atomic E-state index is 0. The van der Waals surface area contributed by atoms with E-state index >= 15 is 0 Å². The summed E-state index contributed by atoms with van der Waals surface area (Å²) >= 11 is 1.79. The number of halogens is 1. The predicted molar refractivity (Wildman–Crippen MR) is 94.1 cm³/mol. The maximum atomic E-state index is 12.3. The van der Waals surface area contributed by atoms with E-state index in [0.29, 0.717) is 0 Å². The Morgan fingerprint density at radius 2 is 2.09 bits per heavy atom. The molecule has 2 aliphatic heterocycles. The van der Waals surface area contributed by atoms with Gasteiger partial charge in [0.15, 0.2) is 0 Å². The van der Waals surface area contributed by atoms with E-state index in [0.717, 1.165) is 51.4 Å². The summed E-state index contributed by atoms with van der Waals surface area (Å²) in [7, 11) is 0. The molecule has 2 aliphatic rings. The van der Waals surface area contributed by atoms with Crippen LogP contribution in [-0.2, 0) is 4.79 Å². The van der Waals surface area contributed by atoms with Crippen molar-refractivity contribution >= 4 is 30.1 Å². The number of benzene rings is 1. The molecule has 1 aromatic carbocycles. The summed E-state index contributed by atoms with van der Waals surface area (Å²) in [5.41, 5.74) is 1.20. The van der Waals surface area contributed by atoms with E-state index in [4.69, 9.17) is 0 Å². The molecule has 0 aliphatic carbocycles. The maximum absolute atomic E-state index is 12.3. The van der Waals surface area contributed by atoms with Gasteiger partial charge in [0.05, 0.1) is 5.92 Å². The molecule has 0 aromatic heterocycles. The van der Waals surface area contributed by atoms with Gasteiger partial charge < -0.3 is 15.5 Å². The summed E-state index contributed by atoms with van der Waals surface area (Å²) < 4.78 is 0. The van der Waals surface area contributed by atoms with Crippen molar-refractivity contribution in [1.29, 1.82) is 0 Å².